The third-order valence-corrected chi connectivity index (χ3v) is 4.05. The quantitative estimate of drug-likeness (QED) is 0.501. The zero-order chi connectivity index (χ0) is 16.7. The minimum absolute atomic E-state index is 0.00288. The Morgan fingerprint density at radius 1 is 1.00 bits per heavy atom. The minimum Gasteiger partial charge on any atom is -0.507 e. The van der Waals surface area contributed by atoms with E-state index < -0.39 is 0 Å². The molecule has 0 aliphatic heterocycles. The normalized spacial score (nSPS) is 10.8. The highest BCUT2D eigenvalue weighted by Gasteiger charge is 2.16. The van der Waals surface area contributed by atoms with Crippen molar-refractivity contribution in [2.45, 2.75) is 45.4 Å². The zero-order valence-corrected chi connectivity index (χ0v) is 13.6. The van der Waals surface area contributed by atoms with Gasteiger partial charge in [0.25, 0.3) is 5.91 Å². The maximum absolute atomic E-state index is 12.2. The third-order valence-electron chi connectivity index (χ3n) is 4.05. The van der Waals surface area contributed by atoms with E-state index in [2.05, 4.69) is 12.2 Å². The highest BCUT2D eigenvalue weighted by Crippen LogP contribution is 2.35. The first kappa shape index (κ1) is 17.1. The number of aromatic hydroxyl groups is 2. The van der Waals surface area contributed by atoms with E-state index in [9.17, 15) is 15.0 Å². The van der Waals surface area contributed by atoms with Crippen LogP contribution >= 0.6 is 0 Å². The van der Waals surface area contributed by atoms with Gasteiger partial charge in [0.05, 0.1) is 5.56 Å². The van der Waals surface area contributed by atoms with Gasteiger partial charge >= 0.3 is 0 Å². The number of carbonyl (C=O) groups excluding carboxylic acids is 1. The maximum Gasteiger partial charge on any atom is 0.255 e. The summed E-state index contributed by atoms with van der Waals surface area (Å²) < 4.78 is 0. The van der Waals surface area contributed by atoms with Crippen LogP contribution in [0, 0.1) is 0 Å². The molecule has 0 atom stereocenters. The molecule has 0 bridgehead atoms. The van der Waals surface area contributed by atoms with Crippen LogP contribution in [0.25, 0.3) is 10.8 Å². The fraction of sp³-hybridized carbons (Fsp3) is 0.421. The Labute approximate surface area is 137 Å². The lowest BCUT2D eigenvalue weighted by Crippen LogP contribution is -2.24. The number of nitrogens with one attached hydrogen (secondary N) is 1. The zero-order valence-electron chi connectivity index (χ0n) is 13.6. The van der Waals surface area contributed by atoms with Gasteiger partial charge in [-0.15, -0.1) is 0 Å². The van der Waals surface area contributed by atoms with Gasteiger partial charge in [-0.2, -0.15) is 0 Å². The monoisotopic (exact) mass is 315 g/mol. The third kappa shape index (κ3) is 4.38. The first-order valence-corrected chi connectivity index (χ1v) is 8.37. The van der Waals surface area contributed by atoms with Gasteiger partial charge in [0.1, 0.15) is 11.5 Å². The largest absolute Gasteiger partial charge is 0.507 e. The van der Waals surface area contributed by atoms with Crippen molar-refractivity contribution >= 4 is 16.7 Å². The van der Waals surface area contributed by atoms with E-state index in [0.29, 0.717) is 17.3 Å². The van der Waals surface area contributed by atoms with Crippen LogP contribution in [0.2, 0.25) is 0 Å². The molecule has 1 amide bonds. The molecule has 0 unspecified atom stereocenters. The van der Waals surface area contributed by atoms with E-state index in [4.69, 9.17) is 0 Å². The number of benzene rings is 2. The molecule has 0 fully saturated rings. The average Bonchev–Trinajstić information content (AvgIpc) is 2.57. The molecule has 0 heterocycles. The molecule has 2 rings (SSSR count). The van der Waals surface area contributed by atoms with Crippen molar-refractivity contribution in [2.24, 2.45) is 0 Å². The summed E-state index contributed by atoms with van der Waals surface area (Å²) in [6, 6.07) is 8.27. The number of fused-ring (bicyclic) bond motifs is 1. The molecule has 0 aliphatic carbocycles. The molecule has 124 valence electrons. The summed E-state index contributed by atoms with van der Waals surface area (Å²) in [7, 11) is 0. The number of phenolic OH excluding ortho intramolecular Hbond substituents is 2. The van der Waals surface area contributed by atoms with Crippen molar-refractivity contribution in [2.75, 3.05) is 6.54 Å². The molecule has 2 aromatic rings. The summed E-state index contributed by atoms with van der Waals surface area (Å²) in [6.45, 7) is 2.77. The van der Waals surface area contributed by atoms with Gasteiger partial charge in [-0.05, 0) is 12.5 Å². The first-order chi connectivity index (χ1) is 11.1. The van der Waals surface area contributed by atoms with Crippen LogP contribution in [-0.2, 0) is 0 Å². The van der Waals surface area contributed by atoms with Crippen LogP contribution < -0.4 is 5.32 Å². The first-order valence-electron chi connectivity index (χ1n) is 8.37. The number of rotatable bonds is 8. The number of hydrogen-bond donors (Lipinski definition) is 3. The molecule has 0 aromatic heterocycles. The second kappa shape index (κ2) is 8.42. The summed E-state index contributed by atoms with van der Waals surface area (Å²) in [4.78, 5) is 12.2. The molecule has 4 heteroatoms. The van der Waals surface area contributed by atoms with Crippen molar-refractivity contribution in [3.05, 3.63) is 35.9 Å². The number of carbonyl (C=O) groups is 1. The lowest BCUT2D eigenvalue weighted by atomic mass is 10.0. The Morgan fingerprint density at radius 2 is 1.65 bits per heavy atom. The predicted octanol–water partition coefficient (Wildman–Crippen LogP) is 4.34. The summed E-state index contributed by atoms with van der Waals surface area (Å²) in [5.41, 5.74) is 0.118. The topological polar surface area (TPSA) is 69.6 Å². The molecule has 3 N–H and O–H groups in total. The van der Waals surface area contributed by atoms with Crippen molar-refractivity contribution in [1.82, 2.24) is 5.32 Å². The van der Waals surface area contributed by atoms with Crippen molar-refractivity contribution < 1.29 is 15.0 Å². The van der Waals surface area contributed by atoms with Gasteiger partial charge < -0.3 is 15.5 Å². The van der Waals surface area contributed by atoms with E-state index >= 15 is 0 Å². The van der Waals surface area contributed by atoms with Gasteiger partial charge in [-0.25, -0.2) is 0 Å². The summed E-state index contributed by atoms with van der Waals surface area (Å²) in [5, 5.41) is 24.1. The second-order valence-electron chi connectivity index (χ2n) is 5.86. The molecule has 0 saturated carbocycles. The molecular formula is C19H25NO3. The van der Waals surface area contributed by atoms with E-state index in [0.717, 1.165) is 12.8 Å². The van der Waals surface area contributed by atoms with Crippen molar-refractivity contribution in [3.63, 3.8) is 0 Å². The van der Waals surface area contributed by atoms with Crippen LogP contribution in [0.15, 0.2) is 30.3 Å². The summed E-state index contributed by atoms with van der Waals surface area (Å²) in [5.74, 6) is -0.431. The molecule has 0 saturated heterocycles. The second-order valence-corrected chi connectivity index (χ2v) is 5.86. The smallest absolute Gasteiger partial charge is 0.255 e. The predicted molar refractivity (Wildman–Crippen MR) is 93.0 cm³/mol. The molecule has 0 spiro atoms. The summed E-state index contributed by atoms with van der Waals surface area (Å²) in [6.07, 6.45) is 6.93. The van der Waals surface area contributed by atoms with Gasteiger partial charge in [0.2, 0.25) is 0 Å². The van der Waals surface area contributed by atoms with E-state index in [1.807, 2.05) is 0 Å². The molecule has 4 nitrogen and oxygen atoms in total. The lowest BCUT2D eigenvalue weighted by molar-refractivity contribution is 0.0950. The lowest BCUT2D eigenvalue weighted by Gasteiger charge is -2.10. The molecule has 2 aromatic carbocycles. The minimum atomic E-state index is -0.350. The van der Waals surface area contributed by atoms with Crippen molar-refractivity contribution in [3.8, 4) is 11.5 Å². The standard InChI is InChI=1S/C19H25NO3/c1-2-3-4-5-6-9-12-20-19(23)16-13-17(21)14-10-7-8-11-15(14)18(16)22/h7-8,10-11,13,21-22H,2-6,9,12H2,1H3,(H,20,23). The number of unbranched alkanes of at least 4 members (excludes halogenated alkanes) is 5. The number of hydrogen-bond acceptors (Lipinski definition) is 3. The highest BCUT2D eigenvalue weighted by atomic mass is 16.3. The fourth-order valence-corrected chi connectivity index (χ4v) is 2.72. The Kier molecular flexibility index (Phi) is 6.27. The Hall–Kier alpha value is -2.23. The molecule has 0 radical (unpaired) electrons. The van der Waals surface area contributed by atoms with E-state index in [1.54, 1.807) is 24.3 Å². The fourth-order valence-electron chi connectivity index (χ4n) is 2.72. The van der Waals surface area contributed by atoms with Crippen LogP contribution in [0.1, 0.15) is 55.8 Å². The van der Waals surface area contributed by atoms with E-state index in [-0.39, 0.29) is 23.0 Å². The molecule has 23 heavy (non-hydrogen) atoms. The average molecular weight is 315 g/mol. The SMILES string of the molecule is CCCCCCCCNC(=O)c1cc(O)c2ccccc2c1O. The summed E-state index contributed by atoms with van der Waals surface area (Å²) >= 11 is 0. The molecule has 0 aliphatic rings. The Morgan fingerprint density at radius 3 is 2.39 bits per heavy atom. The van der Waals surface area contributed by atoms with Crippen LogP contribution in [-0.4, -0.2) is 22.7 Å². The van der Waals surface area contributed by atoms with Gasteiger partial charge in [-0.1, -0.05) is 63.3 Å². The van der Waals surface area contributed by atoms with Crippen LogP contribution in [0.4, 0.5) is 0 Å². The Balaban J connectivity index is 1.95. The molecular weight excluding hydrogens is 290 g/mol. The number of phenols is 2. The van der Waals surface area contributed by atoms with Gasteiger partial charge in [0.15, 0.2) is 0 Å². The van der Waals surface area contributed by atoms with Crippen molar-refractivity contribution in [1.29, 1.82) is 0 Å². The Bertz CT molecular complexity index is 667. The maximum atomic E-state index is 12.2. The van der Waals surface area contributed by atoms with Crippen LogP contribution in [0.5, 0.6) is 11.5 Å². The van der Waals surface area contributed by atoms with Gasteiger partial charge in [0, 0.05) is 17.3 Å². The highest BCUT2D eigenvalue weighted by molar-refractivity contribution is 6.05. The number of amides is 1. The van der Waals surface area contributed by atoms with Gasteiger partial charge in [-0.3, -0.25) is 4.79 Å². The van der Waals surface area contributed by atoms with Crippen LogP contribution in [0.3, 0.4) is 0 Å². The van der Waals surface area contributed by atoms with E-state index in [1.165, 1.54) is 31.7 Å².